The smallest absolute Gasteiger partial charge is 0.243 e. The minimum absolute atomic E-state index is 0.0187. The van der Waals surface area contributed by atoms with Gasteiger partial charge in [0.15, 0.2) is 0 Å². The van der Waals surface area contributed by atoms with Crippen molar-refractivity contribution in [3.05, 3.63) is 64.7 Å². The van der Waals surface area contributed by atoms with E-state index in [1.54, 1.807) is 29.2 Å². The molecule has 0 spiro atoms. The maximum Gasteiger partial charge on any atom is 0.243 e. The van der Waals surface area contributed by atoms with Crippen LogP contribution in [0.4, 0.5) is 0 Å². The molecule has 31 heavy (non-hydrogen) atoms. The van der Waals surface area contributed by atoms with Crippen LogP contribution in [-0.4, -0.2) is 35.4 Å². The van der Waals surface area contributed by atoms with Crippen molar-refractivity contribution in [1.29, 1.82) is 0 Å². The summed E-state index contributed by atoms with van der Waals surface area (Å²) in [5, 5.41) is 3.60. The second-order valence-electron chi connectivity index (χ2n) is 8.00. The van der Waals surface area contributed by atoms with Crippen LogP contribution in [0.1, 0.15) is 51.2 Å². The number of carbonyl (C=O) groups is 2. The van der Waals surface area contributed by atoms with Crippen molar-refractivity contribution < 1.29 is 14.3 Å². The van der Waals surface area contributed by atoms with Gasteiger partial charge in [0.05, 0.1) is 6.61 Å². The highest BCUT2D eigenvalue weighted by Gasteiger charge is 2.28. The van der Waals surface area contributed by atoms with Crippen molar-refractivity contribution in [3.8, 4) is 5.75 Å². The molecule has 6 heteroatoms. The van der Waals surface area contributed by atoms with Crippen molar-refractivity contribution in [2.45, 2.75) is 65.6 Å². The SMILES string of the molecule is CCC(C(=O)NC(C)C)N(Cc1cccc(C)c1)C(=O)CCCOc1ccc(Cl)cc1. The third-order valence-electron chi connectivity index (χ3n) is 4.87. The van der Waals surface area contributed by atoms with Crippen molar-refractivity contribution in [3.63, 3.8) is 0 Å². The van der Waals surface area contributed by atoms with E-state index in [4.69, 9.17) is 16.3 Å². The monoisotopic (exact) mass is 444 g/mol. The van der Waals surface area contributed by atoms with E-state index in [0.29, 0.717) is 37.4 Å². The van der Waals surface area contributed by atoms with Gasteiger partial charge in [0.1, 0.15) is 11.8 Å². The lowest BCUT2D eigenvalue weighted by Crippen LogP contribution is -2.50. The lowest BCUT2D eigenvalue weighted by Gasteiger charge is -2.31. The quantitative estimate of drug-likeness (QED) is 0.488. The maximum atomic E-state index is 13.2. The molecule has 2 amide bonds. The molecule has 0 aliphatic carbocycles. The second-order valence-corrected chi connectivity index (χ2v) is 8.44. The van der Waals surface area contributed by atoms with Crippen LogP contribution in [0.2, 0.25) is 5.02 Å². The molecule has 1 unspecified atom stereocenters. The second kappa shape index (κ2) is 12.4. The first-order valence-electron chi connectivity index (χ1n) is 10.8. The molecule has 2 rings (SSSR count). The Bertz CT molecular complexity index is 852. The predicted molar refractivity (Wildman–Crippen MR) is 125 cm³/mol. The summed E-state index contributed by atoms with van der Waals surface area (Å²) in [5.41, 5.74) is 2.14. The van der Waals surface area contributed by atoms with Gasteiger partial charge in [0.25, 0.3) is 0 Å². The largest absolute Gasteiger partial charge is 0.494 e. The van der Waals surface area contributed by atoms with Crippen molar-refractivity contribution in [2.24, 2.45) is 0 Å². The van der Waals surface area contributed by atoms with E-state index >= 15 is 0 Å². The lowest BCUT2D eigenvalue weighted by atomic mass is 10.1. The molecule has 0 saturated heterocycles. The highest BCUT2D eigenvalue weighted by atomic mass is 35.5. The molecule has 1 atom stereocenters. The number of rotatable bonds is 11. The number of halogens is 1. The summed E-state index contributed by atoms with van der Waals surface area (Å²) < 4.78 is 5.70. The number of nitrogens with one attached hydrogen (secondary N) is 1. The number of amides is 2. The van der Waals surface area contributed by atoms with Gasteiger partial charge in [0.2, 0.25) is 11.8 Å². The molecular formula is C25H33ClN2O3. The fraction of sp³-hybridized carbons (Fsp3) is 0.440. The maximum absolute atomic E-state index is 13.2. The Morgan fingerprint density at radius 3 is 2.45 bits per heavy atom. The predicted octanol–water partition coefficient (Wildman–Crippen LogP) is 5.14. The van der Waals surface area contributed by atoms with Gasteiger partial charge >= 0.3 is 0 Å². The number of ether oxygens (including phenoxy) is 1. The van der Waals surface area contributed by atoms with Crippen LogP contribution in [0, 0.1) is 6.92 Å². The zero-order valence-corrected chi connectivity index (χ0v) is 19.6. The molecule has 2 aromatic carbocycles. The normalized spacial score (nSPS) is 11.8. The van der Waals surface area contributed by atoms with Crippen LogP contribution < -0.4 is 10.1 Å². The molecule has 0 saturated carbocycles. The molecule has 0 fully saturated rings. The van der Waals surface area contributed by atoms with Crippen LogP contribution in [0.15, 0.2) is 48.5 Å². The summed E-state index contributed by atoms with van der Waals surface area (Å²) >= 11 is 5.89. The van der Waals surface area contributed by atoms with E-state index in [9.17, 15) is 9.59 Å². The van der Waals surface area contributed by atoms with Crippen molar-refractivity contribution >= 4 is 23.4 Å². The fourth-order valence-electron chi connectivity index (χ4n) is 3.40. The summed E-state index contributed by atoms with van der Waals surface area (Å²) in [6.45, 7) is 8.62. The number of benzene rings is 2. The van der Waals surface area contributed by atoms with E-state index in [0.717, 1.165) is 16.9 Å². The first-order chi connectivity index (χ1) is 14.8. The summed E-state index contributed by atoms with van der Waals surface area (Å²) in [6, 6.07) is 14.7. The fourth-order valence-corrected chi connectivity index (χ4v) is 3.52. The Hall–Kier alpha value is -2.53. The van der Waals surface area contributed by atoms with E-state index in [2.05, 4.69) is 11.4 Å². The molecule has 0 bridgehead atoms. The summed E-state index contributed by atoms with van der Waals surface area (Å²) in [5.74, 6) is 0.555. The van der Waals surface area contributed by atoms with Gasteiger partial charge in [0, 0.05) is 24.0 Å². The first kappa shape index (κ1) is 24.7. The van der Waals surface area contributed by atoms with E-state index in [1.165, 1.54) is 0 Å². The van der Waals surface area contributed by atoms with E-state index in [1.807, 2.05) is 45.9 Å². The number of aryl methyl sites for hydroxylation is 1. The molecular weight excluding hydrogens is 412 g/mol. The molecule has 168 valence electrons. The van der Waals surface area contributed by atoms with E-state index < -0.39 is 6.04 Å². The van der Waals surface area contributed by atoms with Gasteiger partial charge in [-0.15, -0.1) is 0 Å². The zero-order chi connectivity index (χ0) is 22.8. The average molecular weight is 445 g/mol. The molecule has 0 aromatic heterocycles. The van der Waals surface area contributed by atoms with Crippen LogP contribution in [0.25, 0.3) is 0 Å². The molecule has 5 nitrogen and oxygen atoms in total. The number of carbonyl (C=O) groups excluding carboxylic acids is 2. The van der Waals surface area contributed by atoms with Gasteiger partial charge in [-0.25, -0.2) is 0 Å². The van der Waals surface area contributed by atoms with Gasteiger partial charge in [-0.3, -0.25) is 9.59 Å². The van der Waals surface area contributed by atoms with Crippen molar-refractivity contribution in [1.82, 2.24) is 10.2 Å². The lowest BCUT2D eigenvalue weighted by molar-refractivity contribution is -0.141. The molecule has 0 radical (unpaired) electrons. The molecule has 0 aliphatic rings. The summed E-state index contributed by atoms with van der Waals surface area (Å²) in [7, 11) is 0. The first-order valence-corrected chi connectivity index (χ1v) is 11.2. The average Bonchev–Trinajstić information content (AvgIpc) is 2.71. The zero-order valence-electron chi connectivity index (χ0n) is 18.9. The van der Waals surface area contributed by atoms with Crippen molar-refractivity contribution in [2.75, 3.05) is 6.61 Å². The minimum Gasteiger partial charge on any atom is -0.494 e. The third-order valence-corrected chi connectivity index (χ3v) is 5.12. The van der Waals surface area contributed by atoms with Gasteiger partial charge in [-0.2, -0.15) is 0 Å². The number of hydrogen-bond acceptors (Lipinski definition) is 3. The number of nitrogens with zero attached hydrogens (tertiary/aromatic N) is 1. The van der Waals surface area contributed by atoms with Gasteiger partial charge in [-0.05, 0) is 63.4 Å². The Morgan fingerprint density at radius 1 is 1.13 bits per heavy atom. The highest BCUT2D eigenvalue weighted by molar-refractivity contribution is 6.30. The summed E-state index contributed by atoms with van der Waals surface area (Å²) in [4.78, 5) is 27.6. The summed E-state index contributed by atoms with van der Waals surface area (Å²) in [6.07, 6.45) is 1.43. The van der Waals surface area contributed by atoms with Crippen LogP contribution in [0.5, 0.6) is 5.75 Å². The van der Waals surface area contributed by atoms with Gasteiger partial charge < -0.3 is 15.0 Å². The van der Waals surface area contributed by atoms with Gasteiger partial charge in [-0.1, -0.05) is 48.4 Å². The number of hydrogen-bond donors (Lipinski definition) is 1. The van der Waals surface area contributed by atoms with Crippen LogP contribution >= 0.6 is 11.6 Å². The van der Waals surface area contributed by atoms with Crippen LogP contribution in [-0.2, 0) is 16.1 Å². The van der Waals surface area contributed by atoms with E-state index in [-0.39, 0.29) is 17.9 Å². The minimum atomic E-state index is -0.507. The third kappa shape index (κ3) is 8.25. The molecule has 0 heterocycles. The Morgan fingerprint density at radius 2 is 1.84 bits per heavy atom. The topological polar surface area (TPSA) is 58.6 Å². The Labute approximate surface area is 190 Å². The molecule has 2 aromatic rings. The molecule has 1 N–H and O–H groups in total. The Balaban J connectivity index is 2.05. The van der Waals surface area contributed by atoms with Crippen LogP contribution in [0.3, 0.4) is 0 Å². The standard InChI is InChI=1S/C25H33ClN2O3/c1-5-23(25(30)27-18(2)3)28(17-20-9-6-8-19(4)16-20)24(29)10-7-15-31-22-13-11-21(26)12-14-22/h6,8-9,11-14,16,18,23H,5,7,10,15,17H2,1-4H3,(H,27,30). The highest BCUT2D eigenvalue weighted by Crippen LogP contribution is 2.17. The Kier molecular flexibility index (Phi) is 9.86. The molecule has 0 aliphatic heterocycles.